The third-order valence-corrected chi connectivity index (χ3v) is 4.65. The lowest BCUT2D eigenvalue weighted by Gasteiger charge is -2.36. The highest BCUT2D eigenvalue weighted by atomic mass is 35.5. The predicted molar refractivity (Wildman–Crippen MR) is 100 cm³/mol. The Hall–Kier alpha value is -2.40. The summed E-state index contributed by atoms with van der Waals surface area (Å²) < 4.78 is 5.19. The number of nitrogens with zero attached hydrogens (tertiary/aromatic N) is 2. The maximum atomic E-state index is 12.3. The molecule has 2 aromatic carbocycles. The third kappa shape index (κ3) is 4.37. The lowest BCUT2D eigenvalue weighted by atomic mass is 10.2. The minimum absolute atomic E-state index is 0.0173. The maximum absolute atomic E-state index is 12.3. The second kappa shape index (κ2) is 8.12. The van der Waals surface area contributed by atoms with Crippen LogP contribution < -0.4 is 15.0 Å². The van der Waals surface area contributed by atoms with Crippen LogP contribution in [0.4, 0.5) is 10.5 Å². The average molecular weight is 360 g/mol. The number of nitrogens with one attached hydrogen (secondary N) is 1. The summed E-state index contributed by atoms with van der Waals surface area (Å²) in [6.45, 7) is 3.48. The number of hydrogen-bond acceptors (Lipinski definition) is 3. The molecule has 0 saturated carbocycles. The molecule has 1 fully saturated rings. The molecule has 0 aromatic heterocycles. The second-order valence-electron chi connectivity index (χ2n) is 5.94. The smallest absolute Gasteiger partial charge is 0.317 e. The highest BCUT2D eigenvalue weighted by molar-refractivity contribution is 6.32. The first-order chi connectivity index (χ1) is 12.2. The molecule has 0 unspecified atom stereocenters. The largest absolute Gasteiger partial charge is 0.495 e. The van der Waals surface area contributed by atoms with Crippen LogP contribution in [0.2, 0.25) is 5.02 Å². The Kier molecular flexibility index (Phi) is 5.66. The SMILES string of the molecule is COc1ccc(N2CCN(C(=O)NCc3ccccc3)CC2)cc1Cl. The molecule has 1 saturated heterocycles. The molecule has 0 atom stereocenters. The summed E-state index contributed by atoms with van der Waals surface area (Å²) >= 11 is 6.20. The summed E-state index contributed by atoms with van der Waals surface area (Å²) in [7, 11) is 1.60. The van der Waals surface area contributed by atoms with E-state index in [0.29, 0.717) is 30.4 Å². The number of carbonyl (C=O) groups is 1. The Morgan fingerprint density at radius 2 is 1.84 bits per heavy atom. The van der Waals surface area contributed by atoms with E-state index in [9.17, 15) is 4.79 Å². The molecule has 132 valence electrons. The highest BCUT2D eigenvalue weighted by Gasteiger charge is 2.21. The number of ether oxygens (including phenoxy) is 1. The van der Waals surface area contributed by atoms with Gasteiger partial charge in [0.25, 0.3) is 0 Å². The molecule has 0 aliphatic carbocycles. The van der Waals surface area contributed by atoms with Crippen LogP contribution in [0.1, 0.15) is 5.56 Å². The molecule has 5 nitrogen and oxygen atoms in total. The fourth-order valence-corrected chi connectivity index (χ4v) is 3.16. The summed E-state index contributed by atoms with van der Waals surface area (Å²) in [4.78, 5) is 16.4. The lowest BCUT2D eigenvalue weighted by Crippen LogP contribution is -2.51. The Morgan fingerprint density at radius 3 is 2.48 bits per heavy atom. The quantitative estimate of drug-likeness (QED) is 0.910. The summed E-state index contributed by atoms with van der Waals surface area (Å²) in [6.07, 6.45) is 0. The van der Waals surface area contributed by atoms with Gasteiger partial charge in [0, 0.05) is 38.4 Å². The Labute approximate surface area is 153 Å². The molecule has 0 spiro atoms. The molecular formula is C19H22ClN3O2. The van der Waals surface area contributed by atoms with E-state index in [1.54, 1.807) is 7.11 Å². The van der Waals surface area contributed by atoms with Crippen molar-refractivity contribution >= 4 is 23.3 Å². The van der Waals surface area contributed by atoms with E-state index in [0.717, 1.165) is 24.3 Å². The maximum Gasteiger partial charge on any atom is 0.317 e. The highest BCUT2D eigenvalue weighted by Crippen LogP contribution is 2.29. The molecule has 1 aliphatic heterocycles. The lowest BCUT2D eigenvalue weighted by molar-refractivity contribution is 0.194. The molecule has 1 heterocycles. The van der Waals surface area contributed by atoms with Crippen LogP contribution in [0.25, 0.3) is 0 Å². The van der Waals surface area contributed by atoms with Gasteiger partial charge in [-0.25, -0.2) is 4.79 Å². The fraction of sp³-hybridized carbons (Fsp3) is 0.316. The van der Waals surface area contributed by atoms with Gasteiger partial charge in [-0.05, 0) is 23.8 Å². The van der Waals surface area contributed by atoms with Gasteiger partial charge >= 0.3 is 6.03 Å². The fourth-order valence-electron chi connectivity index (χ4n) is 2.91. The normalized spacial score (nSPS) is 14.3. The molecule has 2 aromatic rings. The zero-order valence-corrected chi connectivity index (χ0v) is 15.0. The number of halogens is 1. The number of benzene rings is 2. The van der Waals surface area contributed by atoms with E-state index in [1.807, 2.05) is 53.4 Å². The van der Waals surface area contributed by atoms with Crippen LogP contribution in [0.3, 0.4) is 0 Å². The summed E-state index contributed by atoms with van der Waals surface area (Å²) in [5.41, 5.74) is 2.15. The van der Waals surface area contributed by atoms with Crippen molar-refractivity contribution in [1.29, 1.82) is 0 Å². The Bertz CT molecular complexity index is 716. The number of amides is 2. The number of piperazine rings is 1. The number of methoxy groups -OCH3 is 1. The van der Waals surface area contributed by atoms with Crippen LogP contribution in [-0.4, -0.2) is 44.2 Å². The van der Waals surface area contributed by atoms with Crippen molar-refractivity contribution in [2.45, 2.75) is 6.54 Å². The molecule has 6 heteroatoms. The van der Waals surface area contributed by atoms with Crippen molar-refractivity contribution in [3.05, 3.63) is 59.1 Å². The number of urea groups is 1. The molecule has 3 rings (SSSR count). The average Bonchev–Trinajstić information content (AvgIpc) is 2.67. The number of rotatable bonds is 4. The van der Waals surface area contributed by atoms with Gasteiger partial charge in [0.2, 0.25) is 0 Å². The first kappa shape index (κ1) is 17.4. The molecule has 2 amide bonds. The third-order valence-electron chi connectivity index (χ3n) is 4.35. The first-order valence-corrected chi connectivity index (χ1v) is 8.70. The van der Waals surface area contributed by atoms with E-state index < -0.39 is 0 Å². The van der Waals surface area contributed by atoms with Gasteiger partial charge in [-0.1, -0.05) is 41.9 Å². The van der Waals surface area contributed by atoms with Crippen LogP contribution in [0, 0.1) is 0 Å². The van der Waals surface area contributed by atoms with Gasteiger partial charge in [0.05, 0.1) is 12.1 Å². The second-order valence-corrected chi connectivity index (χ2v) is 6.34. The predicted octanol–water partition coefficient (Wildman–Crippen LogP) is 3.38. The molecule has 0 bridgehead atoms. The molecule has 1 N–H and O–H groups in total. The molecule has 25 heavy (non-hydrogen) atoms. The van der Waals surface area contributed by atoms with Gasteiger partial charge in [-0.3, -0.25) is 0 Å². The molecular weight excluding hydrogens is 338 g/mol. The topological polar surface area (TPSA) is 44.8 Å². The van der Waals surface area contributed by atoms with Crippen molar-refractivity contribution in [3.8, 4) is 5.75 Å². The van der Waals surface area contributed by atoms with E-state index in [1.165, 1.54) is 0 Å². The van der Waals surface area contributed by atoms with Gasteiger partial charge in [0.15, 0.2) is 0 Å². The van der Waals surface area contributed by atoms with Gasteiger partial charge in [0.1, 0.15) is 5.75 Å². The minimum Gasteiger partial charge on any atom is -0.495 e. The van der Waals surface area contributed by atoms with Gasteiger partial charge in [-0.2, -0.15) is 0 Å². The minimum atomic E-state index is -0.0173. The van der Waals surface area contributed by atoms with Gasteiger partial charge < -0.3 is 19.9 Å². The van der Waals surface area contributed by atoms with Crippen molar-refractivity contribution < 1.29 is 9.53 Å². The van der Waals surface area contributed by atoms with E-state index in [4.69, 9.17) is 16.3 Å². The number of hydrogen-bond donors (Lipinski definition) is 1. The summed E-state index contributed by atoms with van der Waals surface area (Å²) in [5.74, 6) is 0.671. The van der Waals surface area contributed by atoms with Crippen LogP contribution in [0.15, 0.2) is 48.5 Å². The van der Waals surface area contributed by atoms with Gasteiger partial charge in [-0.15, -0.1) is 0 Å². The Balaban J connectivity index is 1.51. The standard InChI is InChI=1S/C19H22ClN3O2/c1-25-18-8-7-16(13-17(18)20)22-9-11-23(12-10-22)19(24)21-14-15-5-3-2-4-6-15/h2-8,13H,9-12,14H2,1H3,(H,21,24). The zero-order chi connectivity index (χ0) is 17.6. The number of carbonyl (C=O) groups excluding carboxylic acids is 1. The van der Waals surface area contributed by atoms with Crippen molar-refractivity contribution in [1.82, 2.24) is 10.2 Å². The number of anilines is 1. The molecule has 0 radical (unpaired) electrons. The van der Waals surface area contributed by atoms with E-state index in [-0.39, 0.29) is 6.03 Å². The first-order valence-electron chi connectivity index (χ1n) is 8.32. The molecule has 1 aliphatic rings. The summed E-state index contributed by atoms with van der Waals surface area (Å²) in [5, 5.41) is 3.58. The Morgan fingerprint density at radius 1 is 1.12 bits per heavy atom. The van der Waals surface area contributed by atoms with Crippen LogP contribution in [-0.2, 0) is 6.54 Å². The van der Waals surface area contributed by atoms with Crippen LogP contribution in [0.5, 0.6) is 5.75 Å². The monoisotopic (exact) mass is 359 g/mol. The van der Waals surface area contributed by atoms with E-state index >= 15 is 0 Å². The van der Waals surface area contributed by atoms with Crippen molar-refractivity contribution in [2.24, 2.45) is 0 Å². The zero-order valence-electron chi connectivity index (χ0n) is 14.2. The van der Waals surface area contributed by atoms with Crippen LogP contribution >= 0.6 is 11.6 Å². The summed E-state index contributed by atoms with van der Waals surface area (Å²) in [6, 6.07) is 15.7. The van der Waals surface area contributed by atoms with Crippen molar-refractivity contribution in [3.63, 3.8) is 0 Å². The van der Waals surface area contributed by atoms with Crippen molar-refractivity contribution in [2.75, 3.05) is 38.2 Å². The van der Waals surface area contributed by atoms with E-state index in [2.05, 4.69) is 10.2 Å².